The standard InChI is InChI=1S/C26H33F3N6O4/c1-2-9-31-25(36)34-12-10-33(11-13-34)20-15-22(17-30-16-20)39-21-6-3-18(4-7-21)32-19-5-8-24(35(37)38)23(14-19)26(27,28)29/h5,8,14-18,21,32H,2-4,6-7,9-13H2,1H3,(H,31,36)/t18-,21-. The average Bonchev–Trinajstić information content (AvgIpc) is 2.92. The minimum Gasteiger partial charge on any atom is -0.489 e. The molecule has 212 valence electrons. The molecule has 0 bridgehead atoms. The fourth-order valence-corrected chi connectivity index (χ4v) is 4.92. The number of ether oxygens (including phenoxy) is 1. The first-order valence-corrected chi connectivity index (χ1v) is 13.2. The van der Waals surface area contributed by atoms with Gasteiger partial charge in [-0.25, -0.2) is 4.79 Å². The molecule has 10 nitrogen and oxygen atoms in total. The lowest BCUT2D eigenvalue weighted by atomic mass is 9.92. The topological polar surface area (TPSA) is 113 Å². The minimum absolute atomic E-state index is 0.0360. The van der Waals surface area contributed by atoms with Gasteiger partial charge in [0.25, 0.3) is 5.69 Å². The van der Waals surface area contributed by atoms with Crippen molar-refractivity contribution in [1.29, 1.82) is 0 Å². The van der Waals surface area contributed by atoms with Crippen LogP contribution in [0.4, 0.5) is 35.0 Å². The number of benzene rings is 1. The summed E-state index contributed by atoms with van der Waals surface area (Å²) >= 11 is 0. The molecule has 0 spiro atoms. The molecular formula is C26H33F3N6O4. The number of nitro groups is 1. The molecule has 1 saturated heterocycles. The minimum atomic E-state index is -4.81. The van der Waals surface area contributed by atoms with Crippen LogP contribution in [0.2, 0.25) is 0 Å². The Hall–Kier alpha value is -3.77. The van der Waals surface area contributed by atoms with Crippen molar-refractivity contribution in [2.45, 2.75) is 57.3 Å². The van der Waals surface area contributed by atoms with Crippen molar-refractivity contribution < 1.29 is 27.6 Å². The fraction of sp³-hybridized carbons (Fsp3) is 0.538. The lowest BCUT2D eigenvalue weighted by Gasteiger charge is -2.36. The van der Waals surface area contributed by atoms with Crippen molar-refractivity contribution in [2.75, 3.05) is 42.9 Å². The van der Waals surface area contributed by atoms with Crippen LogP contribution < -0.4 is 20.3 Å². The van der Waals surface area contributed by atoms with E-state index in [0.29, 0.717) is 64.2 Å². The number of anilines is 2. The molecule has 2 fully saturated rings. The molecule has 39 heavy (non-hydrogen) atoms. The number of amides is 2. The number of urea groups is 1. The Morgan fingerprint density at radius 1 is 1.13 bits per heavy atom. The van der Waals surface area contributed by atoms with Gasteiger partial charge in [0, 0.05) is 56.6 Å². The van der Waals surface area contributed by atoms with Gasteiger partial charge in [-0.2, -0.15) is 13.2 Å². The molecule has 1 aromatic carbocycles. The lowest BCUT2D eigenvalue weighted by molar-refractivity contribution is -0.388. The zero-order valence-electron chi connectivity index (χ0n) is 21.7. The highest BCUT2D eigenvalue weighted by atomic mass is 19.4. The molecule has 2 heterocycles. The number of aromatic nitrogens is 1. The summed E-state index contributed by atoms with van der Waals surface area (Å²) in [7, 11) is 0. The molecule has 0 radical (unpaired) electrons. The summed E-state index contributed by atoms with van der Waals surface area (Å²) in [5, 5.41) is 17.0. The molecule has 0 unspecified atom stereocenters. The maximum atomic E-state index is 13.3. The number of hydrogen-bond donors (Lipinski definition) is 2. The van der Waals surface area contributed by atoms with Crippen molar-refractivity contribution in [1.82, 2.24) is 15.2 Å². The summed E-state index contributed by atoms with van der Waals surface area (Å²) in [6, 6.07) is 4.84. The van der Waals surface area contributed by atoms with Gasteiger partial charge in [0.1, 0.15) is 11.3 Å². The van der Waals surface area contributed by atoms with Crippen molar-refractivity contribution in [3.8, 4) is 5.75 Å². The number of carbonyl (C=O) groups excluding carboxylic acids is 1. The third-order valence-corrected chi connectivity index (χ3v) is 7.00. The van der Waals surface area contributed by atoms with Crippen LogP contribution in [0.5, 0.6) is 5.75 Å². The summed E-state index contributed by atoms with van der Waals surface area (Å²) in [4.78, 5) is 30.5. The number of halogens is 3. The number of rotatable bonds is 8. The first-order chi connectivity index (χ1) is 18.6. The predicted molar refractivity (Wildman–Crippen MR) is 140 cm³/mol. The molecule has 1 saturated carbocycles. The SMILES string of the molecule is CCCNC(=O)N1CCN(c2cncc(O[C@H]3CC[C@H](Nc4ccc([N+](=O)[O-])c(C(F)(F)F)c4)CC3)c2)CC1. The van der Waals surface area contributed by atoms with E-state index >= 15 is 0 Å². The van der Waals surface area contributed by atoms with Gasteiger partial charge in [0.2, 0.25) is 0 Å². The Balaban J connectivity index is 1.27. The van der Waals surface area contributed by atoms with E-state index in [1.807, 2.05) is 17.9 Å². The van der Waals surface area contributed by atoms with E-state index in [9.17, 15) is 28.1 Å². The van der Waals surface area contributed by atoms with Crippen LogP contribution in [0.25, 0.3) is 0 Å². The number of nitrogens with zero attached hydrogens (tertiary/aromatic N) is 4. The number of pyridine rings is 1. The number of piperazine rings is 1. The Morgan fingerprint density at radius 2 is 1.85 bits per heavy atom. The number of nitro benzene ring substituents is 1. The second-order valence-corrected chi connectivity index (χ2v) is 9.81. The Labute approximate surface area is 224 Å². The highest BCUT2D eigenvalue weighted by Gasteiger charge is 2.38. The van der Waals surface area contributed by atoms with Crippen molar-refractivity contribution in [3.63, 3.8) is 0 Å². The van der Waals surface area contributed by atoms with E-state index in [4.69, 9.17) is 4.74 Å². The maximum Gasteiger partial charge on any atom is 0.423 e. The van der Waals surface area contributed by atoms with Crippen LogP contribution in [-0.4, -0.2) is 65.7 Å². The van der Waals surface area contributed by atoms with Gasteiger partial charge in [-0.1, -0.05) is 6.92 Å². The molecule has 2 N–H and O–H groups in total. The lowest BCUT2D eigenvalue weighted by Crippen LogP contribution is -2.52. The van der Waals surface area contributed by atoms with Gasteiger partial charge in [0.15, 0.2) is 0 Å². The largest absolute Gasteiger partial charge is 0.489 e. The van der Waals surface area contributed by atoms with Crippen LogP contribution in [0.15, 0.2) is 36.7 Å². The summed E-state index contributed by atoms with van der Waals surface area (Å²) in [5.74, 6) is 0.650. The predicted octanol–water partition coefficient (Wildman–Crippen LogP) is 5.05. The van der Waals surface area contributed by atoms with E-state index in [2.05, 4.69) is 20.5 Å². The van der Waals surface area contributed by atoms with Crippen LogP contribution in [0.1, 0.15) is 44.6 Å². The first-order valence-electron chi connectivity index (χ1n) is 13.2. The van der Waals surface area contributed by atoms with E-state index in [-0.39, 0.29) is 23.9 Å². The zero-order valence-corrected chi connectivity index (χ0v) is 21.7. The molecule has 1 aliphatic heterocycles. The van der Waals surface area contributed by atoms with Crippen molar-refractivity contribution in [2.24, 2.45) is 0 Å². The molecule has 2 amide bonds. The summed E-state index contributed by atoms with van der Waals surface area (Å²) in [5.41, 5.74) is -1.09. The fourth-order valence-electron chi connectivity index (χ4n) is 4.92. The van der Waals surface area contributed by atoms with Crippen LogP contribution >= 0.6 is 0 Å². The summed E-state index contributed by atoms with van der Waals surface area (Å²) in [6.07, 6.45) is 2.23. The van der Waals surface area contributed by atoms with Gasteiger partial charge in [0.05, 0.1) is 29.1 Å². The van der Waals surface area contributed by atoms with Crippen LogP contribution in [0.3, 0.4) is 0 Å². The Bertz CT molecular complexity index is 1150. The van der Waals surface area contributed by atoms with E-state index in [0.717, 1.165) is 24.2 Å². The Morgan fingerprint density at radius 3 is 2.49 bits per heavy atom. The van der Waals surface area contributed by atoms with E-state index in [1.54, 1.807) is 12.4 Å². The third kappa shape index (κ3) is 7.42. The van der Waals surface area contributed by atoms with Gasteiger partial charge >= 0.3 is 12.2 Å². The van der Waals surface area contributed by atoms with Gasteiger partial charge in [-0.05, 0) is 44.2 Å². The molecular weight excluding hydrogens is 517 g/mol. The number of alkyl halides is 3. The molecule has 0 atom stereocenters. The normalized spacial score (nSPS) is 19.9. The number of nitrogens with one attached hydrogen (secondary N) is 2. The molecule has 13 heteroatoms. The van der Waals surface area contributed by atoms with Gasteiger partial charge < -0.3 is 25.2 Å². The van der Waals surface area contributed by atoms with Gasteiger partial charge in [-0.3, -0.25) is 15.1 Å². The molecule has 2 aliphatic rings. The van der Waals surface area contributed by atoms with Crippen LogP contribution in [-0.2, 0) is 6.18 Å². The number of hydrogen-bond acceptors (Lipinski definition) is 7. The summed E-state index contributed by atoms with van der Waals surface area (Å²) in [6.45, 7) is 5.31. The second kappa shape index (κ2) is 12.4. The van der Waals surface area contributed by atoms with Crippen molar-refractivity contribution >= 4 is 23.1 Å². The number of carbonyl (C=O) groups is 1. The Kier molecular flexibility index (Phi) is 8.97. The van der Waals surface area contributed by atoms with E-state index in [1.165, 1.54) is 6.07 Å². The van der Waals surface area contributed by atoms with E-state index < -0.39 is 22.4 Å². The molecule has 2 aromatic rings. The molecule has 1 aliphatic carbocycles. The third-order valence-electron chi connectivity index (χ3n) is 7.00. The second-order valence-electron chi connectivity index (χ2n) is 9.81. The average molecular weight is 551 g/mol. The highest BCUT2D eigenvalue weighted by molar-refractivity contribution is 5.74. The summed E-state index contributed by atoms with van der Waals surface area (Å²) < 4.78 is 46.0. The van der Waals surface area contributed by atoms with Crippen molar-refractivity contribution in [3.05, 3.63) is 52.3 Å². The zero-order chi connectivity index (χ0) is 28.0. The van der Waals surface area contributed by atoms with Crippen LogP contribution in [0, 0.1) is 10.1 Å². The highest BCUT2D eigenvalue weighted by Crippen LogP contribution is 2.38. The first kappa shape index (κ1) is 28.2. The molecule has 4 rings (SSSR count). The monoisotopic (exact) mass is 550 g/mol. The van der Waals surface area contributed by atoms with Gasteiger partial charge in [-0.15, -0.1) is 0 Å². The smallest absolute Gasteiger partial charge is 0.423 e. The maximum absolute atomic E-state index is 13.3. The quantitative estimate of drug-likeness (QED) is 0.349. The molecule has 1 aromatic heterocycles.